The van der Waals surface area contributed by atoms with Crippen LogP contribution in [0.4, 0.5) is 0 Å². The summed E-state index contributed by atoms with van der Waals surface area (Å²) in [5.41, 5.74) is 1.06. The maximum Gasteiger partial charge on any atom is 0.332 e. The molecule has 21 heavy (non-hydrogen) atoms. The number of carboxylic acid groups (broad SMARTS) is 2. The Kier molecular flexibility index (Phi) is 4.19. The van der Waals surface area contributed by atoms with Crippen molar-refractivity contribution in [3.63, 3.8) is 0 Å². The Balaban J connectivity index is 2.52. The molecule has 0 spiro atoms. The average molecular weight is 307 g/mol. The lowest BCUT2D eigenvalue weighted by molar-refractivity contribution is -0.145. The maximum atomic E-state index is 11.5. The minimum atomic E-state index is -1.19. The molecule has 0 aromatic heterocycles. The molecule has 4 nitrogen and oxygen atoms in total. The second kappa shape index (κ2) is 5.74. The molecule has 0 bridgehead atoms. The first kappa shape index (κ1) is 15.3. The lowest BCUT2D eigenvalue weighted by Crippen LogP contribution is -2.29. The Morgan fingerprint density at radius 3 is 2.62 bits per heavy atom. The second-order valence-corrected chi connectivity index (χ2v) is 5.53. The van der Waals surface area contributed by atoms with Crippen molar-refractivity contribution >= 4 is 29.1 Å². The molecule has 110 valence electrons. The van der Waals surface area contributed by atoms with Crippen LogP contribution in [0.3, 0.4) is 0 Å². The number of aliphatic carboxylic acids is 2. The lowest BCUT2D eigenvalue weighted by Gasteiger charge is -2.26. The summed E-state index contributed by atoms with van der Waals surface area (Å²) >= 11 is 5.80. The zero-order valence-corrected chi connectivity index (χ0v) is 12.2. The van der Waals surface area contributed by atoms with Crippen LogP contribution in [0, 0.1) is 5.41 Å². The molecule has 0 amide bonds. The first-order valence-corrected chi connectivity index (χ1v) is 6.95. The molecule has 0 radical (unpaired) electrons. The molecule has 0 heterocycles. The first-order valence-electron chi connectivity index (χ1n) is 6.42. The van der Waals surface area contributed by atoms with Crippen molar-refractivity contribution in [3.05, 3.63) is 53.1 Å². The Morgan fingerprint density at radius 1 is 1.33 bits per heavy atom. The molecule has 1 aliphatic carbocycles. The largest absolute Gasteiger partial charge is 0.481 e. The fourth-order valence-corrected chi connectivity index (χ4v) is 2.49. The molecule has 2 rings (SSSR count). The Hall–Kier alpha value is -2.07. The van der Waals surface area contributed by atoms with Gasteiger partial charge in [-0.2, -0.15) is 0 Å². The highest BCUT2D eigenvalue weighted by Gasteiger charge is 2.36. The molecule has 0 aliphatic heterocycles. The number of alkyl halides is 1. The average Bonchev–Trinajstić information content (AvgIpc) is 2.47. The number of hydrogen-bond donors (Lipinski definition) is 2. The normalized spacial score (nSPS) is 21.4. The maximum absolute atomic E-state index is 11.5. The number of halogens is 1. The number of carboxylic acids is 2. The predicted molar refractivity (Wildman–Crippen MR) is 80.1 cm³/mol. The third-order valence-corrected chi connectivity index (χ3v) is 3.93. The summed E-state index contributed by atoms with van der Waals surface area (Å²) in [5, 5.41) is 18.7. The summed E-state index contributed by atoms with van der Waals surface area (Å²) in [6.07, 6.45) is 3.08. The minimum absolute atomic E-state index is 0.0470. The topological polar surface area (TPSA) is 74.6 Å². The summed E-state index contributed by atoms with van der Waals surface area (Å²) in [4.78, 5) is 22.8. The van der Waals surface area contributed by atoms with Gasteiger partial charge in [0.05, 0.1) is 5.41 Å². The van der Waals surface area contributed by atoms with Crippen LogP contribution in [0.15, 0.2) is 42.0 Å². The number of rotatable bonds is 4. The van der Waals surface area contributed by atoms with Crippen molar-refractivity contribution in [2.75, 3.05) is 0 Å². The van der Waals surface area contributed by atoms with Crippen LogP contribution in [0.25, 0.3) is 5.57 Å². The molecule has 0 saturated carbocycles. The monoisotopic (exact) mass is 306 g/mol. The Bertz CT molecular complexity index is 660. The second-order valence-electron chi connectivity index (χ2n) is 5.26. The molecule has 5 heteroatoms. The lowest BCUT2D eigenvalue weighted by atomic mass is 9.76. The van der Waals surface area contributed by atoms with Crippen LogP contribution in [-0.4, -0.2) is 22.2 Å². The van der Waals surface area contributed by atoms with E-state index in [0.29, 0.717) is 11.5 Å². The van der Waals surface area contributed by atoms with Crippen LogP contribution in [0.2, 0.25) is 0 Å². The molecule has 1 aliphatic rings. The highest BCUT2D eigenvalue weighted by atomic mass is 35.5. The van der Waals surface area contributed by atoms with Crippen LogP contribution >= 0.6 is 11.6 Å². The fraction of sp³-hybridized carbons (Fsp3) is 0.250. The summed E-state index contributed by atoms with van der Waals surface area (Å²) in [6.45, 7) is 1.51. The van der Waals surface area contributed by atoms with Crippen molar-refractivity contribution in [2.45, 2.75) is 19.2 Å². The van der Waals surface area contributed by atoms with Crippen LogP contribution in [0.5, 0.6) is 0 Å². The van der Waals surface area contributed by atoms with E-state index in [1.54, 1.807) is 24.3 Å². The molecule has 1 aromatic carbocycles. The van der Waals surface area contributed by atoms with Gasteiger partial charge in [0.1, 0.15) is 0 Å². The van der Waals surface area contributed by atoms with Crippen molar-refractivity contribution in [2.24, 2.45) is 5.41 Å². The highest BCUT2D eigenvalue weighted by Crippen LogP contribution is 2.38. The van der Waals surface area contributed by atoms with Gasteiger partial charge in [0.15, 0.2) is 0 Å². The van der Waals surface area contributed by atoms with Gasteiger partial charge in [0, 0.05) is 11.5 Å². The molecular weight excluding hydrogens is 292 g/mol. The van der Waals surface area contributed by atoms with E-state index in [0.717, 1.165) is 11.1 Å². The third kappa shape index (κ3) is 3.00. The SMILES string of the molecule is CC1(C(=O)O)C=CC(c2cccc(CCl)c2)=C(C(=O)O)C1. The minimum Gasteiger partial charge on any atom is -0.481 e. The molecule has 0 saturated heterocycles. The van der Waals surface area contributed by atoms with E-state index in [4.69, 9.17) is 11.6 Å². The predicted octanol–water partition coefficient (Wildman–Crippen LogP) is 3.31. The van der Waals surface area contributed by atoms with Gasteiger partial charge in [-0.15, -0.1) is 11.6 Å². The van der Waals surface area contributed by atoms with Gasteiger partial charge in [-0.05, 0) is 36.1 Å². The van der Waals surface area contributed by atoms with Gasteiger partial charge in [-0.25, -0.2) is 4.79 Å². The van der Waals surface area contributed by atoms with Gasteiger partial charge in [0.25, 0.3) is 0 Å². The van der Waals surface area contributed by atoms with E-state index in [9.17, 15) is 19.8 Å². The Morgan fingerprint density at radius 2 is 2.05 bits per heavy atom. The van der Waals surface area contributed by atoms with Gasteiger partial charge >= 0.3 is 11.9 Å². The first-order chi connectivity index (χ1) is 9.87. The third-order valence-electron chi connectivity index (χ3n) is 3.63. The highest BCUT2D eigenvalue weighted by molar-refractivity contribution is 6.17. The summed E-state index contributed by atoms with van der Waals surface area (Å²) < 4.78 is 0. The van der Waals surface area contributed by atoms with Gasteiger partial charge in [0.2, 0.25) is 0 Å². The zero-order valence-electron chi connectivity index (χ0n) is 11.5. The summed E-state index contributed by atoms with van der Waals surface area (Å²) in [7, 11) is 0. The summed E-state index contributed by atoms with van der Waals surface area (Å²) in [5.74, 6) is -1.80. The van der Waals surface area contributed by atoms with E-state index in [2.05, 4.69) is 0 Å². The van der Waals surface area contributed by atoms with E-state index in [-0.39, 0.29) is 12.0 Å². The van der Waals surface area contributed by atoms with Crippen molar-refractivity contribution in [3.8, 4) is 0 Å². The van der Waals surface area contributed by atoms with Crippen molar-refractivity contribution in [1.82, 2.24) is 0 Å². The number of benzene rings is 1. The fourth-order valence-electron chi connectivity index (χ4n) is 2.32. The van der Waals surface area contributed by atoms with E-state index in [1.807, 2.05) is 12.1 Å². The molecule has 0 fully saturated rings. The van der Waals surface area contributed by atoms with Gasteiger partial charge < -0.3 is 10.2 Å². The van der Waals surface area contributed by atoms with Gasteiger partial charge in [-0.1, -0.05) is 30.4 Å². The standard InChI is InChI=1S/C16H15ClO4/c1-16(15(20)21)6-5-12(13(8-16)14(18)19)11-4-2-3-10(7-11)9-17/h2-7H,8-9H2,1H3,(H,18,19)(H,20,21). The smallest absolute Gasteiger partial charge is 0.332 e. The van der Waals surface area contributed by atoms with E-state index in [1.165, 1.54) is 6.92 Å². The number of carbonyl (C=O) groups is 2. The molecule has 2 N–H and O–H groups in total. The van der Waals surface area contributed by atoms with E-state index < -0.39 is 17.4 Å². The molecule has 1 unspecified atom stereocenters. The molecule has 1 atom stereocenters. The molecular formula is C16H15ClO4. The van der Waals surface area contributed by atoms with Crippen LogP contribution in [-0.2, 0) is 15.5 Å². The zero-order chi connectivity index (χ0) is 15.6. The quantitative estimate of drug-likeness (QED) is 0.837. The number of allylic oxidation sites excluding steroid dienone is 2. The van der Waals surface area contributed by atoms with Crippen LogP contribution in [0.1, 0.15) is 24.5 Å². The molecule has 1 aromatic rings. The van der Waals surface area contributed by atoms with Gasteiger partial charge in [-0.3, -0.25) is 4.79 Å². The Labute approximate surface area is 127 Å². The van der Waals surface area contributed by atoms with Crippen molar-refractivity contribution in [1.29, 1.82) is 0 Å². The number of hydrogen-bond acceptors (Lipinski definition) is 2. The van der Waals surface area contributed by atoms with Crippen molar-refractivity contribution < 1.29 is 19.8 Å². The van der Waals surface area contributed by atoms with E-state index >= 15 is 0 Å². The summed E-state index contributed by atoms with van der Waals surface area (Å²) in [6, 6.07) is 7.27. The van der Waals surface area contributed by atoms with Crippen LogP contribution < -0.4 is 0 Å².